The van der Waals surface area contributed by atoms with Crippen LogP contribution < -0.4 is 5.32 Å². The molecule has 0 saturated heterocycles. The Labute approximate surface area is 110 Å². The first-order chi connectivity index (χ1) is 8.20. The Bertz CT molecular complexity index is 415. The molecule has 0 fully saturated rings. The molecule has 0 bridgehead atoms. The molecule has 92 valence electrons. The van der Waals surface area contributed by atoms with Crippen LogP contribution in [-0.2, 0) is 0 Å². The number of aryl methyl sites for hydroxylation is 1. The maximum absolute atomic E-state index is 6.36. The molecular formula is C15H20ClN. The fourth-order valence-corrected chi connectivity index (χ4v) is 2.01. The highest BCUT2D eigenvalue weighted by Gasteiger charge is 2.13. The van der Waals surface area contributed by atoms with Crippen molar-refractivity contribution in [2.75, 3.05) is 6.54 Å². The highest BCUT2D eigenvalue weighted by atomic mass is 35.5. The minimum Gasteiger partial charge on any atom is -0.309 e. The molecule has 0 radical (unpaired) electrons. The molecular weight excluding hydrogens is 230 g/mol. The molecule has 1 unspecified atom stereocenters. The van der Waals surface area contributed by atoms with Gasteiger partial charge in [-0.25, -0.2) is 0 Å². The molecule has 1 aromatic carbocycles. The van der Waals surface area contributed by atoms with Crippen LogP contribution in [0.2, 0.25) is 5.02 Å². The van der Waals surface area contributed by atoms with Gasteiger partial charge in [0.25, 0.3) is 0 Å². The van der Waals surface area contributed by atoms with E-state index in [9.17, 15) is 0 Å². The van der Waals surface area contributed by atoms with E-state index in [4.69, 9.17) is 11.6 Å². The Balaban J connectivity index is 2.93. The molecule has 1 N–H and O–H groups in total. The third-order valence-electron chi connectivity index (χ3n) is 2.72. The fraction of sp³-hybridized carbons (Fsp3) is 0.467. The lowest BCUT2D eigenvalue weighted by atomic mass is 10.0. The quantitative estimate of drug-likeness (QED) is 0.775. The van der Waals surface area contributed by atoms with Crippen LogP contribution in [0.25, 0.3) is 0 Å². The third kappa shape index (κ3) is 4.07. The van der Waals surface area contributed by atoms with E-state index in [1.54, 1.807) is 0 Å². The van der Waals surface area contributed by atoms with Gasteiger partial charge >= 0.3 is 0 Å². The summed E-state index contributed by atoms with van der Waals surface area (Å²) in [7, 11) is 0. The van der Waals surface area contributed by atoms with E-state index in [2.05, 4.69) is 36.2 Å². The number of rotatable bonds is 5. The fourth-order valence-electron chi connectivity index (χ4n) is 1.75. The highest BCUT2D eigenvalue weighted by molar-refractivity contribution is 6.32. The SMILES string of the molecule is CC#CCC(NCCC)c1cccc(C)c1Cl. The standard InChI is InChI=1S/C15H20ClN/c1-4-6-10-14(17-11-5-2)13-9-7-8-12(3)15(13)16/h7-9,14,17H,5,10-11H2,1-3H3. The molecule has 0 aliphatic rings. The number of nitrogens with one attached hydrogen (secondary N) is 1. The van der Waals surface area contributed by atoms with Crippen LogP contribution in [0.15, 0.2) is 18.2 Å². The molecule has 1 rings (SSSR count). The number of hydrogen-bond acceptors (Lipinski definition) is 1. The molecule has 1 atom stereocenters. The van der Waals surface area contributed by atoms with E-state index >= 15 is 0 Å². The zero-order chi connectivity index (χ0) is 12.7. The van der Waals surface area contributed by atoms with E-state index < -0.39 is 0 Å². The summed E-state index contributed by atoms with van der Waals surface area (Å²) in [5.74, 6) is 6.08. The highest BCUT2D eigenvalue weighted by Crippen LogP contribution is 2.27. The molecule has 0 amide bonds. The summed E-state index contributed by atoms with van der Waals surface area (Å²) in [5.41, 5.74) is 2.28. The number of halogens is 1. The molecule has 1 nitrogen and oxygen atoms in total. The maximum atomic E-state index is 6.36. The Morgan fingerprint density at radius 2 is 2.18 bits per heavy atom. The normalized spacial score (nSPS) is 11.8. The Hall–Kier alpha value is -0.970. The summed E-state index contributed by atoms with van der Waals surface area (Å²) >= 11 is 6.36. The molecule has 0 spiro atoms. The van der Waals surface area contributed by atoms with Crippen molar-refractivity contribution in [2.45, 2.75) is 39.7 Å². The van der Waals surface area contributed by atoms with Crippen LogP contribution in [-0.4, -0.2) is 6.54 Å². The van der Waals surface area contributed by atoms with E-state index in [1.807, 2.05) is 19.9 Å². The van der Waals surface area contributed by atoms with Crippen LogP contribution >= 0.6 is 11.6 Å². The zero-order valence-corrected chi connectivity index (χ0v) is 11.6. The topological polar surface area (TPSA) is 12.0 Å². The van der Waals surface area contributed by atoms with Crippen LogP contribution in [0, 0.1) is 18.8 Å². The van der Waals surface area contributed by atoms with Crippen molar-refractivity contribution in [3.63, 3.8) is 0 Å². The molecule has 0 aromatic heterocycles. The summed E-state index contributed by atoms with van der Waals surface area (Å²) < 4.78 is 0. The molecule has 2 heteroatoms. The van der Waals surface area contributed by atoms with Gasteiger partial charge in [0.05, 0.1) is 0 Å². The van der Waals surface area contributed by atoms with E-state index in [-0.39, 0.29) is 6.04 Å². The predicted molar refractivity (Wildman–Crippen MR) is 75.3 cm³/mol. The van der Waals surface area contributed by atoms with Crippen molar-refractivity contribution in [1.29, 1.82) is 0 Å². The molecule has 0 aliphatic carbocycles. The lowest BCUT2D eigenvalue weighted by molar-refractivity contribution is 0.542. The zero-order valence-electron chi connectivity index (χ0n) is 10.8. The van der Waals surface area contributed by atoms with Gasteiger partial charge in [-0.2, -0.15) is 0 Å². The van der Waals surface area contributed by atoms with E-state index in [0.29, 0.717) is 0 Å². The minimum atomic E-state index is 0.231. The molecule has 0 heterocycles. The van der Waals surface area contributed by atoms with Gasteiger partial charge in [0.1, 0.15) is 0 Å². The molecule has 17 heavy (non-hydrogen) atoms. The smallest absolute Gasteiger partial charge is 0.0483 e. The lowest BCUT2D eigenvalue weighted by Gasteiger charge is -2.18. The van der Waals surface area contributed by atoms with Gasteiger partial charge in [-0.15, -0.1) is 11.8 Å². The first-order valence-corrected chi connectivity index (χ1v) is 6.46. The lowest BCUT2D eigenvalue weighted by Crippen LogP contribution is -2.22. The molecule has 0 aliphatic heterocycles. The average Bonchev–Trinajstić information content (AvgIpc) is 2.34. The third-order valence-corrected chi connectivity index (χ3v) is 3.24. The number of benzene rings is 1. The largest absolute Gasteiger partial charge is 0.309 e. The molecule has 0 saturated carbocycles. The Morgan fingerprint density at radius 3 is 2.82 bits per heavy atom. The first-order valence-electron chi connectivity index (χ1n) is 6.08. The van der Waals surface area contributed by atoms with Gasteiger partial charge in [-0.3, -0.25) is 0 Å². The van der Waals surface area contributed by atoms with Crippen molar-refractivity contribution in [1.82, 2.24) is 5.32 Å². The maximum Gasteiger partial charge on any atom is 0.0483 e. The van der Waals surface area contributed by atoms with Crippen molar-refractivity contribution < 1.29 is 0 Å². The second kappa shape index (κ2) is 7.37. The van der Waals surface area contributed by atoms with Gasteiger partial charge in [0.2, 0.25) is 0 Å². The summed E-state index contributed by atoms with van der Waals surface area (Å²) in [6, 6.07) is 6.40. The van der Waals surface area contributed by atoms with Gasteiger partial charge in [0.15, 0.2) is 0 Å². The second-order valence-corrected chi connectivity index (χ2v) is 4.49. The Kier molecular flexibility index (Phi) is 6.11. The molecule has 1 aromatic rings. The van der Waals surface area contributed by atoms with Crippen LogP contribution in [0.3, 0.4) is 0 Å². The van der Waals surface area contributed by atoms with Crippen molar-refractivity contribution in [3.8, 4) is 11.8 Å². The van der Waals surface area contributed by atoms with E-state index in [0.717, 1.165) is 35.5 Å². The average molecular weight is 250 g/mol. The van der Waals surface area contributed by atoms with Crippen molar-refractivity contribution in [2.24, 2.45) is 0 Å². The van der Waals surface area contributed by atoms with Gasteiger partial charge < -0.3 is 5.32 Å². The minimum absolute atomic E-state index is 0.231. The van der Waals surface area contributed by atoms with Crippen LogP contribution in [0.5, 0.6) is 0 Å². The summed E-state index contributed by atoms with van der Waals surface area (Å²) in [4.78, 5) is 0. The predicted octanol–water partition coefficient (Wildman–Crippen LogP) is 4.10. The Morgan fingerprint density at radius 1 is 1.41 bits per heavy atom. The summed E-state index contributed by atoms with van der Waals surface area (Å²) in [6.45, 7) is 7.05. The van der Waals surface area contributed by atoms with Gasteiger partial charge in [0, 0.05) is 17.5 Å². The first kappa shape index (κ1) is 14.1. The summed E-state index contributed by atoms with van der Waals surface area (Å²) in [6.07, 6.45) is 1.92. The number of hydrogen-bond donors (Lipinski definition) is 1. The van der Waals surface area contributed by atoms with Crippen LogP contribution in [0.4, 0.5) is 0 Å². The van der Waals surface area contributed by atoms with E-state index in [1.165, 1.54) is 0 Å². The van der Waals surface area contributed by atoms with Gasteiger partial charge in [-0.05, 0) is 37.9 Å². The monoisotopic (exact) mass is 249 g/mol. The van der Waals surface area contributed by atoms with Crippen LogP contribution in [0.1, 0.15) is 43.9 Å². The van der Waals surface area contributed by atoms with Crippen molar-refractivity contribution in [3.05, 3.63) is 34.3 Å². The van der Waals surface area contributed by atoms with Crippen molar-refractivity contribution >= 4 is 11.6 Å². The second-order valence-electron chi connectivity index (χ2n) is 4.12. The van der Waals surface area contributed by atoms with Gasteiger partial charge in [-0.1, -0.05) is 36.7 Å². The summed E-state index contributed by atoms with van der Waals surface area (Å²) in [5, 5.41) is 4.36.